The molecule has 2 saturated heterocycles. The summed E-state index contributed by atoms with van der Waals surface area (Å²) in [6, 6.07) is 3.65. The van der Waals surface area contributed by atoms with Crippen LogP contribution in [0.5, 0.6) is 0 Å². The maximum absolute atomic E-state index is 14.6. The van der Waals surface area contributed by atoms with Crippen LogP contribution < -0.4 is 9.80 Å². The third-order valence-electron chi connectivity index (χ3n) is 6.04. The molecule has 0 aromatic heterocycles. The zero-order chi connectivity index (χ0) is 18.8. The number of hydrogen-bond donors (Lipinski definition) is 1. The summed E-state index contributed by atoms with van der Waals surface area (Å²) in [6.45, 7) is 1.86. The average molecular weight is 361 g/mol. The van der Waals surface area contributed by atoms with E-state index in [1.54, 1.807) is 12.1 Å². The summed E-state index contributed by atoms with van der Waals surface area (Å²) < 4.78 is 14.6. The van der Waals surface area contributed by atoms with E-state index in [1.165, 1.54) is 25.1 Å². The highest BCUT2D eigenvalue weighted by atomic mass is 19.1. The van der Waals surface area contributed by atoms with Gasteiger partial charge < -0.3 is 9.80 Å². The lowest BCUT2D eigenvalue weighted by atomic mass is 9.67. The van der Waals surface area contributed by atoms with Crippen LogP contribution >= 0.6 is 0 Å². The Morgan fingerprint density at radius 3 is 2.46 bits per heavy atom. The van der Waals surface area contributed by atoms with Crippen molar-refractivity contribution in [1.29, 1.82) is 0 Å². The molecule has 1 spiro atoms. The fourth-order valence-electron chi connectivity index (χ4n) is 4.68. The molecule has 7 nitrogen and oxygen atoms in total. The van der Waals surface area contributed by atoms with Gasteiger partial charge in [0.1, 0.15) is 11.9 Å². The van der Waals surface area contributed by atoms with E-state index in [0.717, 1.165) is 16.3 Å². The Kier molecular flexibility index (Phi) is 3.59. The summed E-state index contributed by atoms with van der Waals surface area (Å²) in [4.78, 5) is 43.8. The van der Waals surface area contributed by atoms with Gasteiger partial charge in [-0.15, -0.1) is 0 Å². The van der Waals surface area contributed by atoms with Gasteiger partial charge in [0.25, 0.3) is 0 Å². The number of imide groups is 2. The Bertz CT molecular complexity index is 803. The van der Waals surface area contributed by atoms with Gasteiger partial charge in [-0.05, 0) is 11.6 Å². The number of likely N-dealkylation sites (N-methyl/N-ethyl adjacent to an activating group) is 1. The number of nitrogens with one attached hydrogen (secondary N) is 1. The molecule has 2 atom stereocenters. The number of benzene rings is 1. The average Bonchev–Trinajstić information content (AvgIpc) is 2.63. The summed E-state index contributed by atoms with van der Waals surface area (Å²) in [6.07, 6.45) is 0.105. The van der Waals surface area contributed by atoms with Crippen LogP contribution in [0.4, 0.5) is 14.9 Å². The number of fused-ring (bicyclic) bond motifs is 4. The minimum absolute atomic E-state index is 0.105. The topological polar surface area (TPSA) is 65.4 Å². The number of carbonyl (C=O) groups excluding carboxylic acids is 3. The lowest BCUT2D eigenvalue weighted by Crippen LogP contribution is -3.14. The molecular formula is C18H22FN4O3+. The molecule has 0 bridgehead atoms. The van der Waals surface area contributed by atoms with E-state index in [4.69, 9.17) is 0 Å². The Hall–Kier alpha value is -2.48. The van der Waals surface area contributed by atoms with Gasteiger partial charge in [0, 0.05) is 20.5 Å². The van der Waals surface area contributed by atoms with Crippen molar-refractivity contribution < 1.29 is 23.7 Å². The molecule has 0 aliphatic carbocycles. The second-order valence-corrected chi connectivity index (χ2v) is 7.53. The number of carbonyl (C=O) groups is 3. The first-order chi connectivity index (χ1) is 12.3. The van der Waals surface area contributed by atoms with Crippen LogP contribution in [0, 0.1) is 11.2 Å². The van der Waals surface area contributed by atoms with E-state index in [9.17, 15) is 18.8 Å². The number of hydrogen-bond acceptors (Lipinski definition) is 4. The maximum atomic E-state index is 14.6. The number of anilines is 1. The molecule has 2 fully saturated rings. The van der Waals surface area contributed by atoms with E-state index >= 15 is 0 Å². The van der Waals surface area contributed by atoms with Crippen LogP contribution in [0.1, 0.15) is 5.56 Å². The van der Waals surface area contributed by atoms with Crippen LogP contribution in [0.25, 0.3) is 0 Å². The Labute approximate surface area is 150 Å². The van der Waals surface area contributed by atoms with Crippen molar-refractivity contribution in [3.8, 4) is 0 Å². The highest BCUT2D eigenvalue weighted by Gasteiger charge is 2.64. The van der Waals surface area contributed by atoms with Gasteiger partial charge in [0.15, 0.2) is 5.41 Å². The molecule has 3 aliphatic rings. The van der Waals surface area contributed by atoms with Gasteiger partial charge in [0.2, 0.25) is 11.8 Å². The molecule has 4 amide bonds. The van der Waals surface area contributed by atoms with Gasteiger partial charge in [-0.25, -0.2) is 9.18 Å². The van der Waals surface area contributed by atoms with Gasteiger partial charge in [-0.2, -0.15) is 0 Å². The first-order valence-corrected chi connectivity index (χ1v) is 8.74. The van der Waals surface area contributed by atoms with Crippen molar-refractivity contribution >= 4 is 23.5 Å². The first kappa shape index (κ1) is 17.0. The minimum atomic E-state index is -1.40. The van der Waals surface area contributed by atoms with Crippen molar-refractivity contribution in [1.82, 2.24) is 9.80 Å². The van der Waals surface area contributed by atoms with Crippen LogP contribution in [0.2, 0.25) is 0 Å². The molecule has 138 valence electrons. The van der Waals surface area contributed by atoms with E-state index < -0.39 is 29.3 Å². The monoisotopic (exact) mass is 361 g/mol. The first-order valence-electron chi connectivity index (χ1n) is 8.74. The van der Waals surface area contributed by atoms with Crippen LogP contribution in [0.15, 0.2) is 18.2 Å². The molecule has 3 heterocycles. The van der Waals surface area contributed by atoms with Crippen molar-refractivity contribution in [2.45, 2.75) is 12.5 Å². The van der Waals surface area contributed by atoms with Crippen molar-refractivity contribution in [3.63, 3.8) is 0 Å². The molecule has 3 aliphatic heterocycles. The molecule has 1 N–H and O–H groups in total. The number of halogens is 1. The Balaban J connectivity index is 1.94. The zero-order valence-corrected chi connectivity index (χ0v) is 15.1. The summed E-state index contributed by atoms with van der Waals surface area (Å²) in [5.41, 5.74) is -0.281. The predicted molar refractivity (Wildman–Crippen MR) is 91.2 cm³/mol. The van der Waals surface area contributed by atoms with Gasteiger partial charge in [0.05, 0.1) is 32.4 Å². The number of barbiturate groups is 1. The quantitative estimate of drug-likeness (QED) is 0.610. The van der Waals surface area contributed by atoms with Gasteiger partial charge in [-0.1, -0.05) is 12.1 Å². The summed E-state index contributed by atoms with van der Waals surface area (Å²) in [7, 11) is 4.80. The number of urea groups is 1. The highest BCUT2D eigenvalue weighted by molar-refractivity contribution is 6.20. The number of piperazine rings is 1. The van der Waals surface area contributed by atoms with Crippen molar-refractivity contribution in [2.75, 3.05) is 45.7 Å². The molecule has 1 aromatic rings. The van der Waals surface area contributed by atoms with E-state index in [2.05, 4.69) is 0 Å². The molecule has 4 rings (SSSR count). The standard InChI is InChI=1S/C18H21FN4O3/c1-20-7-8-23-13(10-20)18(9-11-5-4-6-12(19)14(11)23)15(24)21(2)17(26)22(3)16(18)25/h4-6,13H,7-10H2,1-3H3/p+1/t13-/m0/s1. The number of amides is 4. The maximum Gasteiger partial charge on any atom is 0.332 e. The predicted octanol–water partition coefficient (Wildman–Crippen LogP) is -0.878. The molecular weight excluding hydrogens is 339 g/mol. The van der Waals surface area contributed by atoms with Crippen LogP contribution in [-0.2, 0) is 16.0 Å². The fourth-order valence-corrected chi connectivity index (χ4v) is 4.68. The molecule has 8 heteroatoms. The SMILES string of the molecule is CN1C(=O)N(C)C(=O)C2(Cc3cccc(F)c3N3CC[NH+](C)C[C@H]32)C1=O. The molecule has 26 heavy (non-hydrogen) atoms. The minimum Gasteiger partial charge on any atom is -0.353 e. The van der Waals surface area contributed by atoms with E-state index in [0.29, 0.717) is 24.3 Å². The van der Waals surface area contributed by atoms with E-state index in [1.807, 2.05) is 11.9 Å². The number of rotatable bonds is 0. The Morgan fingerprint density at radius 2 is 1.81 bits per heavy atom. The summed E-state index contributed by atoms with van der Waals surface area (Å²) >= 11 is 0. The number of para-hydroxylation sites is 1. The lowest BCUT2D eigenvalue weighted by molar-refractivity contribution is -0.883. The molecule has 1 unspecified atom stereocenters. The van der Waals surface area contributed by atoms with Crippen LogP contribution in [-0.4, -0.2) is 74.5 Å². The molecule has 0 saturated carbocycles. The highest BCUT2D eigenvalue weighted by Crippen LogP contribution is 2.46. The fraction of sp³-hybridized carbons (Fsp3) is 0.500. The molecule has 0 radical (unpaired) electrons. The zero-order valence-electron chi connectivity index (χ0n) is 15.1. The summed E-state index contributed by atoms with van der Waals surface area (Å²) in [5, 5.41) is 0. The third-order valence-corrected chi connectivity index (χ3v) is 6.04. The largest absolute Gasteiger partial charge is 0.353 e. The van der Waals surface area contributed by atoms with E-state index in [-0.39, 0.29) is 12.2 Å². The third kappa shape index (κ3) is 1.99. The Morgan fingerprint density at radius 1 is 1.15 bits per heavy atom. The smallest absolute Gasteiger partial charge is 0.332 e. The van der Waals surface area contributed by atoms with Crippen LogP contribution in [0.3, 0.4) is 0 Å². The second-order valence-electron chi connectivity index (χ2n) is 7.53. The van der Waals surface area contributed by atoms with Crippen molar-refractivity contribution in [3.05, 3.63) is 29.6 Å². The lowest BCUT2D eigenvalue weighted by Gasteiger charge is -2.54. The molecule has 1 aromatic carbocycles. The van der Waals surface area contributed by atoms with Gasteiger partial charge in [-0.3, -0.25) is 19.4 Å². The number of quaternary nitrogens is 1. The number of nitrogens with zero attached hydrogens (tertiary/aromatic N) is 3. The summed E-state index contributed by atoms with van der Waals surface area (Å²) in [5.74, 6) is -1.33. The van der Waals surface area contributed by atoms with Crippen molar-refractivity contribution in [2.24, 2.45) is 5.41 Å². The second kappa shape index (κ2) is 5.51. The van der Waals surface area contributed by atoms with Gasteiger partial charge >= 0.3 is 6.03 Å². The normalized spacial score (nSPS) is 27.7.